The molecule has 1 atom stereocenters. The molecule has 1 unspecified atom stereocenters. The summed E-state index contributed by atoms with van der Waals surface area (Å²) in [6.07, 6.45) is -0.0885. The number of aryl methyl sites for hydroxylation is 1. The maximum absolute atomic E-state index is 11.5. The molecule has 0 aliphatic carbocycles. The van der Waals surface area contributed by atoms with Gasteiger partial charge in [0.25, 0.3) is 5.91 Å². The molecule has 0 bridgehead atoms. The van der Waals surface area contributed by atoms with Crippen molar-refractivity contribution in [3.63, 3.8) is 0 Å². The number of amides is 1. The van der Waals surface area contributed by atoms with Crippen molar-refractivity contribution in [1.82, 2.24) is 15.5 Å². The molecule has 0 saturated carbocycles. The van der Waals surface area contributed by atoms with Gasteiger partial charge in [0.05, 0.1) is 12.7 Å². The number of ether oxygens (including phenoxy) is 1. The quantitative estimate of drug-likeness (QED) is 0.630. The van der Waals surface area contributed by atoms with Gasteiger partial charge < -0.3 is 15.2 Å². The molecule has 0 saturated heterocycles. The Morgan fingerprint density at radius 1 is 1.75 bits per heavy atom. The fraction of sp³-hybridized carbons (Fsp3) is 0.600. The summed E-state index contributed by atoms with van der Waals surface area (Å²) in [4.78, 5) is 11.5. The first kappa shape index (κ1) is 12.7. The first-order valence-corrected chi connectivity index (χ1v) is 5.10. The molecule has 0 fully saturated rings. The molecule has 90 valence electrons. The molecule has 1 amide bonds. The minimum atomic E-state index is -0.550. The lowest BCUT2D eigenvalue weighted by Crippen LogP contribution is -2.28. The summed E-state index contributed by atoms with van der Waals surface area (Å²) in [6, 6.07) is 1.67. The van der Waals surface area contributed by atoms with Crippen LogP contribution < -0.4 is 5.32 Å². The van der Waals surface area contributed by atoms with Crippen molar-refractivity contribution in [3.05, 3.63) is 17.5 Å². The minimum Gasteiger partial charge on any atom is -0.391 e. The van der Waals surface area contributed by atoms with Crippen molar-refractivity contribution in [3.8, 4) is 0 Å². The molecule has 0 aliphatic rings. The standard InChI is InChI=1S/C10H17N3O3/c1-7-5-9(13-12-7)10(15)11-4-3-8(14)6-16-2/h5,8,14H,3-4,6H2,1-2H3,(H,11,15)(H,12,13). The van der Waals surface area contributed by atoms with Gasteiger partial charge in [0, 0.05) is 19.3 Å². The predicted molar refractivity (Wildman–Crippen MR) is 58.2 cm³/mol. The third kappa shape index (κ3) is 4.00. The zero-order chi connectivity index (χ0) is 12.0. The number of aliphatic hydroxyl groups excluding tert-OH is 1. The lowest BCUT2D eigenvalue weighted by atomic mass is 10.2. The molecule has 1 rings (SSSR count). The van der Waals surface area contributed by atoms with Gasteiger partial charge in [0.2, 0.25) is 0 Å². The van der Waals surface area contributed by atoms with Gasteiger partial charge in [0.15, 0.2) is 0 Å². The Labute approximate surface area is 94.0 Å². The molecule has 6 nitrogen and oxygen atoms in total. The number of hydrogen-bond donors (Lipinski definition) is 3. The van der Waals surface area contributed by atoms with E-state index in [0.29, 0.717) is 18.7 Å². The van der Waals surface area contributed by atoms with E-state index < -0.39 is 6.10 Å². The number of aromatic amines is 1. The number of methoxy groups -OCH3 is 1. The van der Waals surface area contributed by atoms with Crippen LogP contribution >= 0.6 is 0 Å². The second-order valence-corrected chi connectivity index (χ2v) is 3.59. The van der Waals surface area contributed by atoms with Crippen LogP contribution in [-0.4, -0.2) is 47.6 Å². The van der Waals surface area contributed by atoms with Crippen LogP contribution in [0.1, 0.15) is 22.6 Å². The van der Waals surface area contributed by atoms with Gasteiger partial charge in [-0.15, -0.1) is 0 Å². The summed E-state index contributed by atoms with van der Waals surface area (Å²) in [5.41, 5.74) is 1.20. The zero-order valence-corrected chi connectivity index (χ0v) is 9.49. The molecule has 1 aromatic rings. The van der Waals surface area contributed by atoms with Crippen LogP contribution in [0.2, 0.25) is 0 Å². The number of H-pyrrole nitrogens is 1. The third-order valence-corrected chi connectivity index (χ3v) is 2.06. The van der Waals surface area contributed by atoms with Gasteiger partial charge in [-0.25, -0.2) is 0 Å². The highest BCUT2D eigenvalue weighted by atomic mass is 16.5. The number of aliphatic hydroxyl groups is 1. The van der Waals surface area contributed by atoms with Crippen LogP contribution in [0.3, 0.4) is 0 Å². The average molecular weight is 227 g/mol. The van der Waals surface area contributed by atoms with E-state index >= 15 is 0 Å². The van der Waals surface area contributed by atoms with E-state index in [9.17, 15) is 9.90 Å². The van der Waals surface area contributed by atoms with Crippen LogP contribution in [0.4, 0.5) is 0 Å². The van der Waals surface area contributed by atoms with Gasteiger partial charge >= 0.3 is 0 Å². The Morgan fingerprint density at radius 3 is 3.06 bits per heavy atom. The van der Waals surface area contributed by atoms with Gasteiger partial charge in [-0.1, -0.05) is 0 Å². The molecule has 0 radical (unpaired) electrons. The van der Waals surface area contributed by atoms with Crippen molar-refractivity contribution in [2.75, 3.05) is 20.3 Å². The van der Waals surface area contributed by atoms with Crippen molar-refractivity contribution >= 4 is 5.91 Å². The van der Waals surface area contributed by atoms with Gasteiger partial charge in [-0.05, 0) is 19.4 Å². The number of aromatic nitrogens is 2. The molecule has 1 heterocycles. The first-order valence-electron chi connectivity index (χ1n) is 5.10. The SMILES string of the molecule is COCC(O)CCNC(=O)c1cc(C)[nH]n1. The average Bonchev–Trinajstić information content (AvgIpc) is 2.65. The Kier molecular flexibility index (Phi) is 4.94. The van der Waals surface area contributed by atoms with Crippen LogP contribution in [-0.2, 0) is 4.74 Å². The molecule has 0 spiro atoms. The summed E-state index contributed by atoms with van der Waals surface area (Å²) in [5.74, 6) is -0.242. The predicted octanol–water partition coefficient (Wildman–Crippen LogP) is -0.155. The molecule has 0 aromatic carbocycles. The highest BCUT2D eigenvalue weighted by Gasteiger charge is 2.09. The van der Waals surface area contributed by atoms with Crippen molar-refractivity contribution in [2.45, 2.75) is 19.4 Å². The summed E-state index contributed by atoms with van der Waals surface area (Å²) in [6.45, 7) is 2.50. The molecule has 0 aliphatic heterocycles. The topological polar surface area (TPSA) is 87.2 Å². The third-order valence-electron chi connectivity index (χ3n) is 2.06. The van der Waals surface area contributed by atoms with E-state index in [1.165, 1.54) is 7.11 Å². The van der Waals surface area contributed by atoms with Crippen LogP contribution in [0.25, 0.3) is 0 Å². The fourth-order valence-electron chi connectivity index (χ4n) is 1.25. The molecule has 1 aromatic heterocycles. The number of nitrogens with one attached hydrogen (secondary N) is 2. The van der Waals surface area contributed by atoms with E-state index in [1.54, 1.807) is 6.07 Å². The lowest BCUT2D eigenvalue weighted by molar-refractivity contribution is 0.0587. The molecule has 16 heavy (non-hydrogen) atoms. The Bertz CT molecular complexity index is 338. The molecular formula is C10H17N3O3. The lowest BCUT2D eigenvalue weighted by Gasteiger charge is -2.09. The zero-order valence-electron chi connectivity index (χ0n) is 9.49. The maximum atomic E-state index is 11.5. The van der Waals surface area contributed by atoms with Crippen LogP contribution in [0, 0.1) is 6.92 Å². The Balaban J connectivity index is 2.25. The second kappa shape index (κ2) is 6.24. The second-order valence-electron chi connectivity index (χ2n) is 3.59. The van der Waals surface area contributed by atoms with Gasteiger partial charge in [-0.2, -0.15) is 5.10 Å². The Hall–Kier alpha value is -1.40. The summed E-state index contributed by atoms with van der Waals surface area (Å²) < 4.78 is 4.77. The minimum absolute atomic E-state index is 0.242. The number of rotatable bonds is 6. The van der Waals surface area contributed by atoms with E-state index in [-0.39, 0.29) is 12.5 Å². The summed E-state index contributed by atoms with van der Waals surface area (Å²) in [5, 5.41) is 18.5. The van der Waals surface area contributed by atoms with Crippen LogP contribution in [0.5, 0.6) is 0 Å². The highest BCUT2D eigenvalue weighted by Crippen LogP contribution is 1.97. The monoisotopic (exact) mass is 227 g/mol. The normalized spacial score (nSPS) is 12.4. The van der Waals surface area contributed by atoms with Crippen molar-refractivity contribution in [2.24, 2.45) is 0 Å². The number of carbonyl (C=O) groups excluding carboxylic acids is 1. The maximum Gasteiger partial charge on any atom is 0.271 e. The van der Waals surface area contributed by atoms with E-state index in [0.717, 1.165) is 5.69 Å². The largest absolute Gasteiger partial charge is 0.391 e. The smallest absolute Gasteiger partial charge is 0.271 e. The van der Waals surface area contributed by atoms with Gasteiger partial charge in [0.1, 0.15) is 5.69 Å². The number of nitrogens with zero attached hydrogens (tertiary/aromatic N) is 1. The van der Waals surface area contributed by atoms with Crippen LogP contribution in [0.15, 0.2) is 6.07 Å². The number of hydrogen-bond acceptors (Lipinski definition) is 4. The van der Waals surface area contributed by atoms with Crippen molar-refractivity contribution < 1.29 is 14.6 Å². The summed E-state index contributed by atoms with van der Waals surface area (Å²) >= 11 is 0. The highest BCUT2D eigenvalue weighted by molar-refractivity contribution is 5.92. The Morgan fingerprint density at radius 2 is 2.50 bits per heavy atom. The van der Waals surface area contributed by atoms with E-state index in [2.05, 4.69) is 15.5 Å². The summed E-state index contributed by atoms with van der Waals surface area (Å²) in [7, 11) is 1.52. The van der Waals surface area contributed by atoms with Crippen molar-refractivity contribution in [1.29, 1.82) is 0 Å². The molecular weight excluding hydrogens is 210 g/mol. The molecule has 3 N–H and O–H groups in total. The van der Waals surface area contributed by atoms with Gasteiger partial charge in [-0.3, -0.25) is 9.89 Å². The molecule has 6 heteroatoms. The van der Waals surface area contributed by atoms with E-state index in [1.807, 2.05) is 6.92 Å². The first-order chi connectivity index (χ1) is 7.63. The van der Waals surface area contributed by atoms with E-state index in [4.69, 9.17) is 4.74 Å². The fourth-order valence-corrected chi connectivity index (χ4v) is 1.25. The number of carbonyl (C=O) groups is 1.